The molecule has 2 unspecified atom stereocenters. The number of nitrogens with zero attached hydrogens (tertiary/aromatic N) is 1. The van der Waals surface area contributed by atoms with Crippen LogP contribution in [0.15, 0.2) is 48.5 Å². The van der Waals surface area contributed by atoms with Crippen LogP contribution in [0.4, 0.5) is 17.6 Å². The third-order valence-electron chi connectivity index (χ3n) is 8.10. The van der Waals surface area contributed by atoms with Crippen LogP contribution in [0, 0.1) is 11.7 Å². The molecule has 0 radical (unpaired) electrons. The van der Waals surface area contributed by atoms with Crippen LogP contribution in [0.5, 0.6) is 0 Å². The minimum Gasteiger partial charge on any atom is -0.363 e. The molecule has 194 valence electrons. The summed E-state index contributed by atoms with van der Waals surface area (Å²) in [5.41, 5.74) is -0.000945. The van der Waals surface area contributed by atoms with Gasteiger partial charge in [0.05, 0.1) is 12.2 Å². The molecule has 2 atom stereocenters. The van der Waals surface area contributed by atoms with E-state index in [-0.39, 0.29) is 30.2 Å². The fourth-order valence-electron chi connectivity index (χ4n) is 5.83. The number of alkyl halides is 3. The highest BCUT2D eigenvalue weighted by Gasteiger charge is 2.54. The van der Waals surface area contributed by atoms with Crippen molar-refractivity contribution >= 4 is 5.91 Å². The number of amides is 1. The second-order valence-electron chi connectivity index (χ2n) is 10.4. The highest BCUT2D eigenvalue weighted by Crippen LogP contribution is 2.47. The van der Waals surface area contributed by atoms with E-state index < -0.39 is 17.3 Å². The first-order chi connectivity index (χ1) is 17.2. The maximum absolute atomic E-state index is 13.3. The Hall–Kier alpha value is -2.45. The molecule has 2 aliphatic heterocycles. The molecule has 3 aliphatic rings. The standard InChI is InChI=1S/C28H32F4N2O2/c29-24-8-4-20(5-9-24)21-11-14-34(15-12-21)25-10-13-27(36-18-25,22-6-7-22)26(35)33-17-19-2-1-3-23(16-19)28(30,31)32/h1-5,8-9,16,21-22,25H,6-7,10-15,17-18H2,(H,33,35). The fraction of sp³-hybridized carbons (Fsp3) is 0.536. The van der Waals surface area contributed by atoms with Crippen molar-refractivity contribution in [2.24, 2.45) is 5.92 Å². The van der Waals surface area contributed by atoms with Gasteiger partial charge in [-0.25, -0.2) is 4.39 Å². The Morgan fingerprint density at radius 2 is 1.75 bits per heavy atom. The molecule has 1 saturated carbocycles. The van der Waals surface area contributed by atoms with Gasteiger partial charge in [0.1, 0.15) is 11.4 Å². The number of hydrogen-bond acceptors (Lipinski definition) is 3. The Morgan fingerprint density at radius 1 is 1.03 bits per heavy atom. The number of carbonyl (C=O) groups excluding carboxylic acids is 1. The second-order valence-corrected chi connectivity index (χ2v) is 10.4. The lowest BCUT2D eigenvalue weighted by Crippen LogP contribution is -2.57. The summed E-state index contributed by atoms with van der Waals surface area (Å²) in [6.45, 7) is 2.40. The van der Waals surface area contributed by atoms with Gasteiger partial charge in [-0.1, -0.05) is 24.3 Å². The summed E-state index contributed by atoms with van der Waals surface area (Å²) in [6.07, 6.45) is 0.948. The lowest BCUT2D eigenvalue weighted by Gasteiger charge is -2.45. The van der Waals surface area contributed by atoms with Crippen molar-refractivity contribution in [1.82, 2.24) is 10.2 Å². The first kappa shape index (κ1) is 25.2. The topological polar surface area (TPSA) is 41.6 Å². The van der Waals surface area contributed by atoms with Crippen molar-refractivity contribution < 1.29 is 27.1 Å². The summed E-state index contributed by atoms with van der Waals surface area (Å²) in [7, 11) is 0. The van der Waals surface area contributed by atoms with Crippen LogP contribution < -0.4 is 5.32 Å². The number of nitrogens with one attached hydrogen (secondary N) is 1. The first-order valence-electron chi connectivity index (χ1n) is 12.8. The molecule has 4 nitrogen and oxygen atoms in total. The molecular weight excluding hydrogens is 472 g/mol. The van der Waals surface area contributed by atoms with E-state index >= 15 is 0 Å². The second kappa shape index (κ2) is 10.1. The predicted molar refractivity (Wildman–Crippen MR) is 128 cm³/mol. The summed E-state index contributed by atoms with van der Waals surface area (Å²) in [4.78, 5) is 15.7. The van der Waals surface area contributed by atoms with E-state index in [0.29, 0.717) is 24.5 Å². The highest BCUT2D eigenvalue weighted by atomic mass is 19.4. The van der Waals surface area contributed by atoms with Gasteiger partial charge < -0.3 is 10.1 Å². The quantitative estimate of drug-likeness (QED) is 0.516. The van der Waals surface area contributed by atoms with Gasteiger partial charge in [-0.15, -0.1) is 0 Å². The minimum atomic E-state index is -4.41. The highest BCUT2D eigenvalue weighted by molar-refractivity contribution is 5.86. The number of halogens is 4. The van der Waals surface area contributed by atoms with Gasteiger partial charge in [-0.3, -0.25) is 9.69 Å². The zero-order valence-electron chi connectivity index (χ0n) is 20.2. The average molecular weight is 505 g/mol. The Kier molecular flexibility index (Phi) is 7.10. The number of benzene rings is 2. The van der Waals surface area contributed by atoms with E-state index in [9.17, 15) is 22.4 Å². The van der Waals surface area contributed by atoms with Crippen LogP contribution in [-0.4, -0.2) is 42.1 Å². The third-order valence-corrected chi connectivity index (χ3v) is 8.10. The van der Waals surface area contributed by atoms with E-state index in [4.69, 9.17) is 4.74 Å². The van der Waals surface area contributed by atoms with E-state index in [1.807, 2.05) is 12.1 Å². The smallest absolute Gasteiger partial charge is 0.363 e. The SMILES string of the molecule is O=C(NCc1cccc(C(F)(F)F)c1)C1(C2CC2)CCC(N2CCC(c3ccc(F)cc3)CC2)CO1. The molecule has 2 aromatic carbocycles. The molecule has 5 rings (SSSR count). The van der Waals surface area contributed by atoms with E-state index in [1.165, 1.54) is 23.8 Å². The zero-order chi connectivity index (χ0) is 25.3. The van der Waals surface area contributed by atoms with Gasteiger partial charge in [0.15, 0.2) is 0 Å². The average Bonchev–Trinajstić information content (AvgIpc) is 3.74. The minimum absolute atomic E-state index is 0.0426. The summed E-state index contributed by atoms with van der Waals surface area (Å²) in [6, 6.07) is 12.1. The van der Waals surface area contributed by atoms with Crippen molar-refractivity contribution in [3.05, 3.63) is 71.0 Å². The summed E-state index contributed by atoms with van der Waals surface area (Å²) < 4.78 is 58.6. The molecule has 0 bridgehead atoms. The largest absolute Gasteiger partial charge is 0.416 e. The third kappa shape index (κ3) is 5.44. The summed E-state index contributed by atoms with van der Waals surface area (Å²) in [5.74, 6) is 0.173. The van der Waals surface area contributed by atoms with Crippen LogP contribution in [-0.2, 0) is 22.3 Å². The molecule has 8 heteroatoms. The zero-order valence-corrected chi connectivity index (χ0v) is 20.2. The molecule has 1 N–H and O–H groups in total. The molecule has 0 aromatic heterocycles. The number of piperidine rings is 1. The Morgan fingerprint density at radius 3 is 2.36 bits per heavy atom. The number of hydrogen-bond donors (Lipinski definition) is 1. The lowest BCUT2D eigenvalue weighted by atomic mass is 9.84. The molecule has 3 fully saturated rings. The lowest BCUT2D eigenvalue weighted by molar-refractivity contribution is -0.165. The maximum atomic E-state index is 13.3. The number of carbonyl (C=O) groups is 1. The van der Waals surface area contributed by atoms with Gasteiger partial charge in [-0.05, 0) is 98.8 Å². The van der Waals surface area contributed by atoms with Crippen LogP contribution in [0.2, 0.25) is 0 Å². The normalized spacial score (nSPS) is 26.1. The monoisotopic (exact) mass is 504 g/mol. The Bertz CT molecular complexity index is 1050. The molecule has 1 aliphatic carbocycles. The summed E-state index contributed by atoms with van der Waals surface area (Å²) in [5, 5.41) is 2.86. The predicted octanol–water partition coefficient (Wildman–Crippen LogP) is 5.67. The van der Waals surface area contributed by atoms with Gasteiger partial charge in [0, 0.05) is 12.6 Å². The molecule has 2 aromatic rings. The number of rotatable bonds is 6. The molecule has 2 saturated heterocycles. The van der Waals surface area contributed by atoms with Crippen LogP contribution in [0.25, 0.3) is 0 Å². The molecular formula is C28H32F4N2O2. The fourth-order valence-corrected chi connectivity index (χ4v) is 5.83. The van der Waals surface area contributed by atoms with Crippen LogP contribution in [0.1, 0.15) is 61.1 Å². The van der Waals surface area contributed by atoms with E-state index in [0.717, 1.165) is 57.3 Å². The Balaban J connectivity index is 1.15. The van der Waals surface area contributed by atoms with Crippen molar-refractivity contribution in [2.45, 2.75) is 68.8 Å². The number of likely N-dealkylation sites (tertiary alicyclic amines) is 1. The molecule has 0 spiro atoms. The van der Waals surface area contributed by atoms with Gasteiger partial charge in [0.2, 0.25) is 0 Å². The van der Waals surface area contributed by atoms with Crippen molar-refractivity contribution in [3.8, 4) is 0 Å². The van der Waals surface area contributed by atoms with Gasteiger partial charge >= 0.3 is 6.18 Å². The summed E-state index contributed by atoms with van der Waals surface area (Å²) >= 11 is 0. The van der Waals surface area contributed by atoms with Gasteiger partial charge in [0.25, 0.3) is 5.91 Å². The van der Waals surface area contributed by atoms with Gasteiger partial charge in [-0.2, -0.15) is 13.2 Å². The first-order valence-corrected chi connectivity index (χ1v) is 12.8. The molecule has 2 heterocycles. The maximum Gasteiger partial charge on any atom is 0.416 e. The van der Waals surface area contributed by atoms with Crippen molar-refractivity contribution in [1.29, 1.82) is 0 Å². The Labute approximate surface area is 209 Å². The van der Waals surface area contributed by atoms with Crippen LogP contribution in [0.3, 0.4) is 0 Å². The number of ether oxygens (including phenoxy) is 1. The molecule has 36 heavy (non-hydrogen) atoms. The molecule has 1 amide bonds. The van der Waals surface area contributed by atoms with Crippen molar-refractivity contribution in [3.63, 3.8) is 0 Å². The van der Waals surface area contributed by atoms with Crippen molar-refractivity contribution in [2.75, 3.05) is 19.7 Å². The van der Waals surface area contributed by atoms with Crippen LogP contribution >= 0.6 is 0 Å². The van der Waals surface area contributed by atoms with E-state index in [1.54, 1.807) is 6.07 Å². The van der Waals surface area contributed by atoms with E-state index in [2.05, 4.69) is 10.2 Å².